The fourth-order valence-corrected chi connectivity index (χ4v) is 3.13. The van der Waals surface area contributed by atoms with Crippen LogP contribution in [0.2, 0.25) is 0 Å². The highest BCUT2D eigenvalue weighted by Crippen LogP contribution is 2.20. The molecule has 2 rings (SSSR count). The summed E-state index contributed by atoms with van der Waals surface area (Å²) < 4.78 is 5.57. The predicted molar refractivity (Wildman–Crippen MR) is 127 cm³/mol. The first-order valence-corrected chi connectivity index (χ1v) is 11.0. The van der Waals surface area contributed by atoms with Crippen molar-refractivity contribution in [1.82, 2.24) is 16.0 Å². The number of benzene rings is 2. The molecule has 188 valence electrons. The SMILES string of the molecule is CC(C)(C)OC(=O)C(NC(Cc1ccc(O)cc1)C(=O)NCC(=O)NCC(=O)O)c1ccccc1. The Morgan fingerprint density at radius 2 is 1.54 bits per heavy atom. The van der Waals surface area contributed by atoms with Crippen LogP contribution in [0.25, 0.3) is 0 Å². The summed E-state index contributed by atoms with van der Waals surface area (Å²) in [6.45, 7) is 4.21. The lowest BCUT2D eigenvalue weighted by Crippen LogP contribution is -2.51. The number of ether oxygens (including phenoxy) is 1. The van der Waals surface area contributed by atoms with Gasteiger partial charge in [-0.15, -0.1) is 0 Å². The van der Waals surface area contributed by atoms with Crippen LogP contribution in [-0.2, 0) is 30.3 Å². The first kappa shape index (κ1) is 27.3. The summed E-state index contributed by atoms with van der Waals surface area (Å²) in [6, 6.07) is 13.1. The minimum Gasteiger partial charge on any atom is -0.508 e. The van der Waals surface area contributed by atoms with Crippen LogP contribution in [-0.4, -0.2) is 58.7 Å². The highest BCUT2D eigenvalue weighted by molar-refractivity contribution is 5.89. The van der Waals surface area contributed by atoms with E-state index in [9.17, 15) is 24.3 Å². The van der Waals surface area contributed by atoms with E-state index in [1.54, 1.807) is 63.2 Å². The Labute approximate surface area is 203 Å². The Morgan fingerprint density at radius 1 is 0.914 bits per heavy atom. The lowest BCUT2D eigenvalue weighted by molar-refractivity contribution is -0.158. The zero-order chi connectivity index (χ0) is 26.0. The minimum atomic E-state index is -1.21. The maximum Gasteiger partial charge on any atom is 0.328 e. The van der Waals surface area contributed by atoms with Crippen molar-refractivity contribution in [2.45, 2.75) is 44.9 Å². The molecule has 35 heavy (non-hydrogen) atoms. The summed E-state index contributed by atoms with van der Waals surface area (Å²) in [5.41, 5.74) is 0.522. The molecule has 0 saturated carbocycles. The fourth-order valence-electron chi connectivity index (χ4n) is 3.13. The third-order valence-corrected chi connectivity index (χ3v) is 4.70. The number of phenols is 1. The van der Waals surface area contributed by atoms with E-state index in [1.807, 2.05) is 0 Å². The molecular formula is C25H31N3O7. The van der Waals surface area contributed by atoms with E-state index in [0.29, 0.717) is 11.1 Å². The van der Waals surface area contributed by atoms with E-state index in [2.05, 4.69) is 16.0 Å². The third-order valence-electron chi connectivity index (χ3n) is 4.70. The number of hydrogen-bond acceptors (Lipinski definition) is 7. The first-order valence-electron chi connectivity index (χ1n) is 11.0. The Kier molecular flexibility index (Phi) is 9.77. The Morgan fingerprint density at radius 3 is 2.11 bits per heavy atom. The molecule has 0 spiro atoms. The molecule has 0 bridgehead atoms. The molecule has 2 amide bonds. The zero-order valence-corrected chi connectivity index (χ0v) is 19.9. The van der Waals surface area contributed by atoms with Gasteiger partial charge in [0, 0.05) is 0 Å². The van der Waals surface area contributed by atoms with Crippen molar-refractivity contribution in [1.29, 1.82) is 0 Å². The number of aliphatic carboxylic acids is 1. The summed E-state index contributed by atoms with van der Waals surface area (Å²) in [4.78, 5) is 48.6. The van der Waals surface area contributed by atoms with Gasteiger partial charge >= 0.3 is 11.9 Å². The number of esters is 1. The fraction of sp³-hybridized carbons (Fsp3) is 0.360. The van der Waals surface area contributed by atoms with Gasteiger partial charge in [-0.1, -0.05) is 42.5 Å². The lowest BCUT2D eigenvalue weighted by Gasteiger charge is -2.28. The van der Waals surface area contributed by atoms with Crippen LogP contribution < -0.4 is 16.0 Å². The quantitative estimate of drug-likeness (QED) is 0.298. The Bertz CT molecular complexity index is 1020. The van der Waals surface area contributed by atoms with Crippen LogP contribution in [0.1, 0.15) is 37.9 Å². The van der Waals surface area contributed by atoms with Crippen LogP contribution in [0.3, 0.4) is 0 Å². The number of aromatic hydroxyl groups is 1. The van der Waals surface area contributed by atoms with Gasteiger partial charge in [0.25, 0.3) is 0 Å². The molecule has 2 aromatic carbocycles. The van der Waals surface area contributed by atoms with Crippen molar-refractivity contribution in [3.05, 3.63) is 65.7 Å². The molecule has 0 saturated heterocycles. The van der Waals surface area contributed by atoms with Gasteiger partial charge in [0.15, 0.2) is 0 Å². The molecular weight excluding hydrogens is 454 g/mol. The van der Waals surface area contributed by atoms with Gasteiger partial charge in [-0.25, -0.2) is 4.79 Å². The molecule has 0 heterocycles. The number of phenolic OH excluding ortho intramolecular Hbond substituents is 1. The first-order chi connectivity index (χ1) is 16.4. The van der Waals surface area contributed by atoms with E-state index in [0.717, 1.165) is 0 Å². The maximum absolute atomic E-state index is 13.1. The van der Waals surface area contributed by atoms with Gasteiger partial charge in [0.05, 0.1) is 12.6 Å². The summed E-state index contributed by atoms with van der Waals surface area (Å²) >= 11 is 0. The number of nitrogens with one attached hydrogen (secondary N) is 3. The molecule has 0 aliphatic rings. The normalized spacial score (nSPS) is 12.8. The van der Waals surface area contributed by atoms with Crippen molar-refractivity contribution < 1.29 is 34.1 Å². The molecule has 0 radical (unpaired) electrons. The number of rotatable bonds is 11. The average Bonchev–Trinajstić information content (AvgIpc) is 2.79. The van der Waals surface area contributed by atoms with E-state index >= 15 is 0 Å². The standard InChI is InChI=1S/C25H31N3O7/c1-25(2,3)35-24(34)22(17-7-5-4-6-8-17)28-19(13-16-9-11-18(29)12-10-16)23(33)27-14-20(30)26-15-21(31)32/h4-12,19,22,28-29H,13-15H2,1-3H3,(H,26,30)(H,27,33)(H,31,32). The smallest absolute Gasteiger partial charge is 0.328 e. The molecule has 0 aromatic heterocycles. The Balaban J connectivity index is 2.26. The summed E-state index contributed by atoms with van der Waals surface area (Å²) in [6.07, 6.45) is 0.134. The van der Waals surface area contributed by atoms with E-state index in [4.69, 9.17) is 9.84 Å². The largest absolute Gasteiger partial charge is 0.508 e. The molecule has 10 nitrogen and oxygen atoms in total. The number of carboxylic acid groups (broad SMARTS) is 1. The summed E-state index contributed by atoms with van der Waals surface area (Å²) in [5, 5.41) is 25.9. The maximum atomic E-state index is 13.1. The van der Waals surface area contributed by atoms with Gasteiger partial charge in [-0.05, 0) is 50.5 Å². The molecule has 2 aromatic rings. The number of carbonyl (C=O) groups is 4. The second-order valence-electron chi connectivity index (χ2n) is 8.86. The minimum absolute atomic E-state index is 0.0636. The van der Waals surface area contributed by atoms with E-state index < -0.39 is 54.5 Å². The van der Waals surface area contributed by atoms with Gasteiger partial charge in [0.2, 0.25) is 11.8 Å². The lowest BCUT2D eigenvalue weighted by atomic mass is 10.0. The zero-order valence-electron chi connectivity index (χ0n) is 19.9. The molecule has 0 fully saturated rings. The summed E-state index contributed by atoms with van der Waals surface area (Å²) in [7, 11) is 0. The predicted octanol–water partition coefficient (Wildman–Crippen LogP) is 1.29. The Hall–Kier alpha value is -3.92. The van der Waals surface area contributed by atoms with Gasteiger partial charge in [0.1, 0.15) is 23.9 Å². The average molecular weight is 486 g/mol. The highest BCUT2D eigenvalue weighted by Gasteiger charge is 2.31. The molecule has 5 N–H and O–H groups in total. The van der Waals surface area contributed by atoms with Crippen molar-refractivity contribution >= 4 is 23.8 Å². The van der Waals surface area contributed by atoms with Crippen LogP contribution in [0.4, 0.5) is 0 Å². The number of carbonyl (C=O) groups excluding carboxylic acids is 3. The number of carboxylic acids is 1. The van der Waals surface area contributed by atoms with E-state index in [1.165, 1.54) is 12.1 Å². The second-order valence-corrected chi connectivity index (χ2v) is 8.86. The van der Waals surface area contributed by atoms with Gasteiger partial charge in [-0.3, -0.25) is 19.7 Å². The van der Waals surface area contributed by atoms with E-state index in [-0.39, 0.29) is 12.2 Å². The summed E-state index contributed by atoms with van der Waals surface area (Å²) in [5.74, 6) is -2.97. The third kappa shape index (κ3) is 9.85. The van der Waals surface area contributed by atoms with Gasteiger partial charge < -0.3 is 25.6 Å². The van der Waals surface area contributed by atoms with Crippen LogP contribution >= 0.6 is 0 Å². The van der Waals surface area contributed by atoms with Crippen LogP contribution in [0.5, 0.6) is 5.75 Å². The van der Waals surface area contributed by atoms with Crippen molar-refractivity contribution in [2.24, 2.45) is 0 Å². The molecule has 0 aliphatic carbocycles. The van der Waals surface area contributed by atoms with Crippen LogP contribution in [0.15, 0.2) is 54.6 Å². The molecule has 2 unspecified atom stereocenters. The monoisotopic (exact) mass is 485 g/mol. The van der Waals surface area contributed by atoms with Crippen molar-refractivity contribution in [3.63, 3.8) is 0 Å². The van der Waals surface area contributed by atoms with Crippen LogP contribution in [0, 0.1) is 0 Å². The molecule has 0 aliphatic heterocycles. The second kappa shape index (κ2) is 12.5. The van der Waals surface area contributed by atoms with Crippen molar-refractivity contribution in [2.75, 3.05) is 13.1 Å². The highest BCUT2D eigenvalue weighted by atomic mass is 16.6. The topological polar surface area (TPSA) is 154 Å². The molecule has 10 heteroatoms. The van der Waals surface area contributed by atoms with Gasteiger partial charge in [-0.2, -0.15) is 0 Å². The van der Waals surface area contributed by atoms with Crippen molar-refractivity contribution in [3.8, 4) is 5.75 Å². The number of hydrogen-bond donors (Lipinski definition) is 5. The molecule has 2 atom stereocenters. The number of amides is 2.